The van der Waals surface area contributed by atoms with E-state index in [-0.39, 0.29) is 5.97 Å². The first-order valence-electron chi connectivity index (χ1n) is 9.91. The van der Waals surface area contributed by atoms with E-state index >= 15 is 0 Å². The monoisotopic (exact) mass is 414 g/mol. The molecular formula is C23H26O5S. The molecule has 1 N–H and O–H groups in total. The van der Waals surface area contributed by atoms with Crippen LogP contribution in [-0.2, 0) is 11.2 Å². The van der Waals surface area contributed by atoms with E-state index in [9.17, 15) is 9.90 Å². The van der Waals surface area contributed by atoms with Crippen LogP contribution < -0.4 is 9.47 Å². The summed E-state index contributed by atoms with van der Waals surface area (Å²) in [5.41, 5.74) is 3.90. The predicted molar refractivity (Wildman–Crippen MR) is 114 cm³/mol. The van der Waals surface area contributed by atoms with Crippen LogP contribution >= 0.6 is 11.8 Å². The van der Waals surface area contributed by atoms with Crippen molar-refractivity contribution in [1.29, 1.82) is 0 Å². The Balaban J connectivity index is 1.65. The van der Waals surface area contributed by atoms with Gasteiger partial charge in [-0.1, -0.05) is 0 Å². The van der Waals surface area contributed by atoms with Crippen molar-refractivity contribution < 1.29 is 24.1 Å². The molecule has 1 saturated heterocycles. The lowest BCUT2D eigenvalue weighted by Crippen LogP contribution is -2.39. The topological polar surface area (TPSA) is 65.0 Å². The van der Waals surface area contributed by atoms with Crippen LogP contribution in [-0.4, -0.2) is 48.5 Å². The summed E-state index contributed by atoms with van der Waals surface area (Å²) in [6, 6.07) is 9.43. The quantitative estimate of drug-likeness (QED) is 0.763. The zero-order valence-corrected chi connectivity index (χ0v) is 17.6. The number of rotatable bonds is 4. The lowest BCUT2D eigenvalue weighted by molar-refractivity contribution is -0.0116. The largest absolute Gasteiger partial charge is 0.493 e. The highest BCUT2D eigenvalue weighted by Gasteiger charge is 2.30. The van der Waals surface area contributed by atoms with Gasteiger partial charge in [0.15, 0.2) is 0 Å². The zero-order valence-electron chi connectivity index (χ0n) is 16.8. The first-order valence-corrected chi connectivity index (χ1v) is 11.1. The van der Waals surface area contributed by atoms with Gasteiger partial charge in [-0.2, -0.15) is 11.8 Å². The summed E-state index contributed by atoms with van der Waals surface area (Å²) in [6.07, 6.45) is 2.27. The van der Waals surface area contributed by atoms with Crippen LogP contribution in [0.3, 0.4) is 0 Å². The van der Waals surface area contributed by atoms with Gasteiger partial charge in [-0.3, -0.25) is 0 Å². The van der Waals surface area contributed by atoms with E-state index < -0.39 is 5.60 Å². The summed E-state index contributed by atoms with van der Waals surface area (Å²) in [5, 5.41) is 10.7. The van der Waals surface area contributed by atoms with Gasteiger partial charge in [0, 0.05) is 12.0 Å². The number of methoxy groups -OCH3 is 1. The third-order valence-electron chi connectivity index (χ3n) is 5.62. The highest BCUT2D eigenvalue weighted by atomic mass is 32.2. The maximum atomic E-state index is 12.0. The minimum absolute atomic E-state index is 0.311. The van der Waals surface area contributed by atoms with Gasteiger partial charge in [0.2, 0.25) is 0 Å². The highest BCUT2D eigenvalue weighted by Crippen LogP contribution is 2.40. The normalized spacial score (nSPS) is 17.3. The molecule has 0 bridgehead atoms. The van der Waals surface area contributed by atoms with Crippen LogP contribution in [0.25, 0.3) is 11.1 Å². The van der Waals surface area contributed by atoms with Crippen LogP contribution in [0.1, 0.15) is 34.3 Å². The number of hydrogen-bond donors (Lipinski definition) is 1. The highest BCUT2D eigenvalue weighted by molar-refractivity contribution is 7.99. The van der Waals surface area contributed by atoms with Gasteiger partial charge in [0.25, 0.3) is 0 Å². The average molecular weight is 415 g/mol. The van der Waals surface area contributed by atoms with Crippen LogP contribution in [0.5, 0.6) is 11.5 Å². The summed E-state index contributed by atoms with van der Waals surface area (Å²) >= 11 is 1.88. The smallest absolute Gasteiger partial charge is 0.337 e. The van der Waals surface area contributed by atoms with Crippen molar-refractivity contribution in [2.24, 2.45) is 0 Å². The molecule has 5 nitrogen and oxygen atoms in total. The van der Waals surface area contributed by atoms with Crippen molar-refractivity contribution in [3.63, 3.8) is 0 Å². The molecule has 29 heavy (non-hydrogen) atoms. The maximum Gasteiger partial charge on any atom is 0.337 e. The number of esters is 1. The Labute approximate surface area is 175 Å². The van der Waals surface area contributed by atoms with Crippen LogP contribution in [0.2, 0.25) is 0 Å². The molecule has 0 amide bonds. The molecule has 0 saturated carbocycles. The second-order valence-electron chi connectivity index (χ2n) is 7.70. The summed E-state index contributed by atoms with van der Waals surface area (Å²) < 4.78 is 16.8. The molecular weight excluding hydrogens is 388 g/mol. The van der Waals surface area contributed by atoms with Gasteiger partial charge in [-0.25, -0.2) is 4.79 Å². The molecule has 154 valence electrons. The number of ether oxygens (including phenoxy) is 3. The Hall–Kier alpha value is -2.18. The molecule has 0 aromatic heterocycles. The number of aliphatic hydroxyl groups is 1. The second kappa shape index (κ2) is 8.28. The molecule has 2 aromatic rings. The molecule has 0 radical (unpaired) electrons. The number of benzene rings is 2. The van der Waals surface area contributed by atoms with E-state index in [2.05, 4.69) is 0 Å². The van der Waals surface area contributed by atoms with Gasteiger partial charge < -0.3 is 19.3 Å². The first-order chi connectivity index (χ1) is 14.0. The molecule has 2 aliphatic rings. The van der Waals surface area contributed by atoms with E-state index in [0.717, 1.165) is 64.5 Å². The summed E-state index contributed by atoms with van der Waals surface area (Å²) in [5.74, 6) is 3.11. The first kappa shape index (κ1) is 20.1. The Bertz CT molecular complexity index is 918. The fourth-order valence-corrected chi connectivity index (χ4v) is 5.22. The standard InChI is InChI=1S/C23H26O5S/c1-15-11-18(28-14-23(25)6-9-29-10-7-23)12-16-5-8-27-20-4-3-17(22(24)26-2)13-19(20)21(15)16/h3-4,11-13,25H,5-10,14H2,1-2H3. The molecule has 2 aromatic carbocycles. The van der Waals surface area contributed by atoms with Gasteiger partial charge in [0.1, 0.15) is 23.7 Å². The van der Waals surface area contributed by atoms with Crippen LogP contribution in [0.4, 0.5) is 0 Å². The van der Waals surface area contributed by atoms with E-state index in [4.69, 9.17) is 14.2 Å². The molecule has 2 aliphatic heterocycles. The third kappa shape index (κ3) is 4.23. The number of thioether (sulfide) groups is 1. The lowest BCUT2D eigenvalue weighted by Gasteiger charge is -2.31. The Morgan fingerprint density at radius 2 is 2.03 bits per heavy atom. The fourth-order valence-electron chi connectivity index (χ4n) is 3.97. The van der Waals surface area contributed by atoms with Crippen molar-refractivity contribution in [3.05, 3.63) is 47.0 Å². The third-order valence-corrected chi connectivity index (χ3v) is 6.61. The van der Waals surface area contributed by atoms with E-state index in [1.54, 1.807) is 6.07 Å². The average Bonchev–Trinajstić information content (AvgIpc) is 2.91. The molecule has 0 aliphatic carbocycles. The SMILES string of the molecule is COC(=O)c1ccc2c(c1)-c1c(C)cc(OCC3(O)CCSCC3)cc1CCO2. The number of fused-ring (bicyclic) bond motifs is 3. The van der Waals surface area contributed by atoms with Crippen molar-refractivity contribution in [3.8, 4) is 22.6 Å². The number of carbonyl (C=O) groups excluding carboxylic acids is 1. The molecule has 2 heterocycles. The Morgan fingerprint density at radius 1 is 1.24 bits per heavy atom. The number of aryl methyl sites for hydroxylation is 1. The van der Waals surface area contributed by atoms with Gasteiger partial charge in [-0.05, 0) is 78.3 Å². The fraction of sp³-hybridized carbons (Fsp3) is 0.435. The minimum Gasteiger partial charge on any atom is -0.493 e. The van der Waals surface area contributed by atoms with Crippen molar-refractivity contribution in [1.82, 2.24) is 0 Å². The predicted octanol–water partition coefficient (Wildman–Crippen LogP) is 4.02. The van der Waals surface area contributed by atoms with Gasteiger partial charge >= 0.3 is 5.97 Å². The van der Waals surface area contributed by atoms with Gasteiger partial charge in [-0.15, -0.1) is 0 Å². The van der Waals surface area contributed by atoms with Crippen LogP contribution in [0, 0.1) is 6.92 Å². The minimum atomic E-state index is -0.739. The lowest BCUT2D eigenvalue weighted by atomic mass is 9.92. The van der Waals surface area contributed by atoms with E-state index in [0.29, 0.717) is 18.8 Å². The van der Waals surface area contributed by atoms with Crippen molar-refractivity contribution in [2.45, 2.75) is 31.8 Å². The molecule has 0 spiro atoms. The molecule has 1 fully saturated rings. The number of carbonyl (C=O) groups is 1. The summed E-state index contributed by atoms with van der Waals surface area (Å²) in [4.78, 5) is 12.0. The molecule has 4 rings (SSSR count). The Morgan fingerprint density at radius 3 is 2.79 bits per heavy atom. The van der Waals surface area contributed by atoms with Gasteiger partial charge in [0.05, 0.1) is 19.3 Å². The van der Waals surface area contributed by atoms with E-state index in [1.807, 2.05) is 43.0 Å². The molecule has 0 atom stereocenters. The number of hydrogen-bond acceptors (Lipinski definition) is 6. The Kier molecular flexibility index (Phi) is 5.74. The van der Waals surface area contributed by atoms with Crippen LogP contribution in [0.15, 0.2) is 30.3 Å². The van der Waals surface area contributed by atoms with Crippen molar-refractivity contribution in [2.75, 3.05) is 31.8 Å². The summed E-state index contributed by atoms with van der Waals surface area (Å²) in [6.45, 7) is 2.91. The zero-order chi connectivity index (χ0) is 20.4. The molecule has 0 unspecified atom stereocenters. The summed E-state index contributed by atoms with van der Waals surface area (Å²) in [7, 11) is 1.38. The maximum absolute atomic E-state index is 12.0. The molecule has 6 heteroatoms. The second-order valence-corrected chi connectivity index (χ2v) is 8.93. The van der Waals surface area contributed by atoms with Crippen molar-refractivity contribution >= 4 is 17.7 Å². The van der Waals surface area contributed by atoms with E-state index in [1.165, 1.54) is 7.11 Å².